The number of carbonyl (C=O) groups excluding carboxylic acids is 1. The summed E-state index contributed by atoms with van der Waals surface area (Å²) in [5, 5.41) is 0.812. The molecule has 0 atom stereocenters. The Morgan fingerprint density at radius 3 is 2.45 bits per heavy atom. The number of nitrogens with zero attached hydrogens (tertiary/aromatic N) is 3. The van der Waals surface area contributed by atoms with Crippen LogP contribution in [0.15, 0.2) is 53.4 Å². The first kappa shape index (κ1) is 19.8. The number of amides is 1. The lowest BCUT2D eigenvalue weighted by atomic mass is 10.1. The van der Waals surface area contributed by atoms with Gasteiger partial charge in [0.25, 0.3) is 0 Å². The summed E-state index contributed by atoms with van der Waals surface area (Å²) >= 11 is 1.50. The van der Waals surface area contributed by atoms with Crippen molar-refractivity contribution in [3.8, 4) is 0 Å². The molecule has 1 amide bonds. The Kier molecular flexibility index (Phi) is 5.56. The Labute approximate surface area is 174 Å². The fourth-order valence-corrected chi connectivity index (χ4v) is 5.49. The summed E-state index contributed by atoms with van der Waals surface area (Å²) in [7, 11) is -3.32. The van der Waals surface area contributed by atoms with Crippen LogP contribution in [0.2, 0.25) is 0 Å². The van der Waals surface area contributed by atoms with Gasteiger partial charge in [0.1, 0.15) is 5.52 Å². The summed E-state index contributed by atoms with van der Waals surface area (Å²) in [5.74, 6) is 0.178. The minimum atomic E-state index is -3.32. The van der Waals surface area contributed by atoms with E-state index in [1.165, 1.54) is 23.2 Å². The number of fused-ring (bicyclic) bond motifs is 1. The van der Waals surface area contributed by atoms with Crippen molar-refractivity contribution in [2.24, 2.45) is 0 Å². The van der Waals surface area contributed by atoms with Crippen LogP contribution in [0, 0.1) is 0 Å². The maximum Gasteiger partial charge on any atom is 0.223 e. The molecule has 2 heterocycles. The lowest BCUT2D eigenvalue weighted by molar-refractivity contribution is -0.131. The fourth-order valence-electron chi connectivity index (χ4n) is 3.55. The van der Waals surface area contributed by atoms with Gasteiger partial charge >= 0.3 is 0 Å². The van der Waals surface area contributed by atoms with Crippen LogP contribution in [-0.2, 0) is 21.1 Å². The van der Waals surface area contributed by atoms with E-state index in [9.17, 15) is 13.2 Å². The molecular weight excluding hydrogens is 406 g/mol. The molecule has 0 radical (unpaired) electrons. The Morgan fingerprint density at radius 1 is 1.03 bits per heavy atom. The highest BCUT2D eigenvalue weighted by atomic mass is 32.2. The van der Waals surface area contributed by atoms with E-state index in [-0.39, 0.29) is 10.8 Å². The van der Waals surface area contributed by atoms with Crippen LogP contribution in [0.1, 0.15) is 12.0 Å². The topological polar surface area (TPSA) is 70.6 Å². The lowest BCUT2D eigenvalue weighted by Crippen LogP contribution is -2.48. The number of piperazine rings is 1. The Hall–Kier alpha value is -2.45. The molecule has 8 heteroatoms. The number of benzene rings is 2. The van der Waals surface area contributed by atoms with Crippen LogP contribution < -0.4 is 4.90 Å². The third-order valence-corrected chi connectivity index (χ3v) is 7.35. The van der Waals surface area contributed by atoms with Crippen molar-refractivity contribution in [2.75, 3.05) is 37.3 Å². The average Bonchev–Trinajstić information content (AvgIpc) is 3.16. The van der Waals surface area contributed by atoms with E-state index in [0.29, 0.717) is 38.1 Å². The highest BCUT2D eigenvalue weighted by molar-refractivity contribution is 7.91. The zero-order chi connectivity index (χ0) is 20.4. The summed E-state index contributed by atoms with van der Waals surface area (Å²) in [4.78, 5) is 21.5. The van der Waals surface area contributed by atoms with E-state index in [2.05, 4.69) is 9.88 Å². The summed E-state index contributed by atoms with van der Waals surface area (Å²) in [5.41, 5.74) is 1.71. The first-order chi connectivity index (χ1) is 13.9. The van der Waals surface area contributed by atoms with Crippen molar-refractivity contribution in [1.82, 2.24) is 9.88 Å². The second-order valence-electron chi connectivity index (χ2n) is 7.22. The normalized spacial score (nSPS) is 15.1. The molecule has 3 aromatic rings. The van der Waals surface area contributed by atoms with Gasteiger partial charge in [-0.15, -0.1) is 0 Å². The summed E-state index contributed by atoms with van der Waals surface area (Å²) in [6, 6.07) is 15.3. The van der Waals surface area contributed by atoms with E-state index in [0.717, 1.165) is 16.3 Å². The van der Waals surface area contributed by atoms with Crippen LogP contribution in [0.3, 0.4) is 0 Å². The highest BCUT2D eigenvalue weighted by Crippen LogP contribution is 2.33. The number of hydrogen-bond acceptors (Lipinski definition) is 6. The highest BCUT2D eigenvalue weighted by Gasteiger charge is 2.24. The van der Waals surface area contributed by atoms with Crippen molar-refractivity contribution < 1.29 is 13.2 Å². The minimum Gasteiger partial charge on any atom is -0.345 e. The molecule has 1 saturated heterocycles. The maximum atomic E-state index is 12.5. The van der Waals surface area contributed by atoms with Gasteiger partial charge in [-0.2, -0.15) is 0 Å². The molecule has 0 aliphatic carbocycles. The summed E-state index contributed by atoms with van der Waals surface area (Å²) in [6.07, 6.45) is 2.48. The second kappa shape index (κ2) is 8.12. The number of aromatic nitrogens is 1. The monoisotopic (exact) mass is 429 g/mol. The van der Waals surface area contributed by atoms with Gasteiger partial charge in [-0.3, -0.25) is 4.79 Å². The van der Waals surface area contributed by atoms with E-state index >= 15 is 0 Å². The van der Waals surface area contributed by atoms with Crippen LogP contribution in [-0.4, -0.2) is 56.6 Å². The number of aryl methyl sites for hydroxylation is 1. The van der Waals surface area contributed by atoms with Gasteiger partial charge in [-0.25, -0.2) is 13.4 Å². The molecule has 1 fully saturated rings. The first-order valence-corrected chi connectivity index (χ1v) is 12.3. The van der Waals surface area contributed by atoms with Crippen LogP contribution >= 0.6 is 11.3 Å². The predicted molar refractivity (Wildman–Crippen MR) is 116 cm³/mol. The standard InChI is InChI=1S/C21H23N3O3S2/c1-29(26,27)18-9-5-8-17-20(18)22-21(28-17)24-14-12-23(13-15-24)19(25)11-10-16-6-3-2-4-7-16/h2-9H,10-15H2,1H3. The number of para-hydroxylation sites is 1. The quantitative estimate of drug-likeness (QED) is 0.624. The first-order valence-electron chi connectivity index (χ1n) is 9.58. The molecule has 1 aliphatic heterocycles. The van der Waals surface area contributed by atoms with Gasteiger partial charge in [0.2, 0.25) is 5.91 Å². The predicted octanol–water partition coefficient (Wildman–Crippen LogP) is 2.98. The molecule has 152 valence electrons. The zero-order valence-electron chi connectivity index (χ0n) is 16.2. The molecule has 4 rings (SSSR count). The zero-order valence-corrected chi connectivity index (χ0v) is 17.9. The fraction of sp³-hybridized carbons (Fsp3) is 0.333. The van der Waals surface area contributed by atoms with Gasteiger partial charge in [0.05, 0.1) is 9.60 Å². The molecule has 2 aromatic carbocycles. The molecule has 0 saturated carbocycles. The van der Waals surface area contributed by atoms with Gasteiger partial charge in [-0.05, 0) is 24.1 Å². The maximum absolute atomic E-state index is 12.5. The largest absolute Gasteiger partial charge is 0.345 e. The number of hydrogen-bond donors (Lipinski definition) is 0. The van der Waals surface area contributed by atoms with Crippen molar-refractivity contribution in [1.29, 1.82) is 0 Å². The molecule has 0 spiro atoms. The molecule has 0 N–H and O–H groups in total. The molecule has 1 aliphatic rings. The Balaban J connectivity index is 1.40. The van der Waals surface area contributed by atoms with Crippen LogP contribution in [0.25, 0.3) is 10.2 Å². The van der Waals surface area contributed by atoms with Crippen molar-refractivity contribution in [2.45, 2.75) is 17.7 Å². The van der Waals surface area contributed by atoms with Gasteiger partial charge < -0.3 is 9.80 Å². The third kappa shape index (κ3) is 4.43. The molecule has 6 nitrogen and oxygen atoms in total. The Bertz CT molecular complexity index is 1120. The number of carbonyl (C=O) groups is 1. The molecule has 1 aromatic heterocycles. The van der Waals surface area contributed by atoms with E-state index in [1.807, 2.05) is 41.3 Å². The van der Waals surface area contributed by atoms with Crippen LogP contribution in [0.5, 0.6) is 0 Å². The lowest BCUT2D eigenvalue weighted by Gasteiger charge is -2.34. The van der Waals surface area contributed by atoms with Gasteiger partial charge in [-0.1, -0.05) is 47.7 Å². The van der Waals surface area contributed by atoms with Crippen LogP contribution in [0.4, 0.5) is 5.13 Å². The number of rotatable bonds is 5. The molecule has 29 heavy (non-hydrogen) atoms. The molecule has 0 bridgehead atoms. The summed E-state index contributed by atoms with van der Waals surface area (Å²) in [6.45, 7) is 2.71. The molecular formula is C21H23N3O3S2. The summed E-state index contributed by atoms with van der Waals surface area (Å²) < 4.78 is 24.9. The van der Waals surface area contributed by atoms with E-state index in [1.54, 1.807) is 12.1 Å². The SMILES string of the molecule is CS(=O)(=O)c1cccc2sc(N3CCN(C(=O)CCc4ccccc4)CC3)nc12. The molecule has 0 unspecified atom stereocenters. The van der Waals surface area contributed by atoms with Crippen molar-refractivity contribution >= 4 is 42.4 Å². The van der Waals surface area contributed by atoms with Crippen molar-refractivity contribution in [3.05, 3.63) is 54.1 Å². The second-order valence-corrected chi connectivity index (χ2v) is 10.2. The van der Waals surface area contributed by atoms with E-state index < -0.39 is 9.84 Å². The minimum absolute atomic E-state index is 0.178. The van der Waals surface area contributed by atoms with Gasteiger partial charge in [0, 0.05) is 38.9 Å². The number of thiazole rings is 1. The van der Waals surface area contributed by atoms with E-state index in [4.69, 9.17) is 0 Å². The average molecular weight is 430 g/mol. The van der Waals surface area contributed by atoms with Crippen molar-refractivity contribution in [3.63, 3.8) is 0 Å². The van der Waals surface area contributed by atoms with Gasteiger partial charge in [0.15, 0.2) is 15.0 Å². The Morgan fingerprint density at radius 2 is 1.76 bits per heavy atom. The smallest absolute Gasteiger partial charge is 0.223 e. The third-order valence-electron chi connectivity index (χ3n) is 5.14. The number of anilines is 1. The number of sulfone groups is 1.